The van der Waals surface area contributed by atoms with Gasteiger partial charge in [0, 0.05) is 42.5 Å². The molecule has 3 N–H and O–H groups in total. The number of aliphatic hydroxyl groups excluding tert-OH is 1. The molecule has 1 aromatic carbocycles. The molecule has 41 heavy (non-hydrogen) atoms. The van der Waals surface area contributed by atoms with Gasteiger partial charge in [-0.3, -0.25) is 19.6 Å². The number of nitrogens with zero attached hydrogens (tertiary/aromatic N) is 3. The molecule has 3 fully saturated rings. The zero-order valence-electron chi connectivity index (χ0n) is 24.4. The molecule has 1 unspecified atom stereocenters. The molecule has 1 aliphatic carbocycles. The van der Waals surface area contributed by atoms with Crippen LogP contribution in [-0.2, 0) is 9.59 Å². The van der Waals surface area contributed by atoms with E-state index in [9.17, 15) is 19.1 Å². The number of aryl methyl sites for hydroxylation is 2. The van der Waals surface area contributed by atoms with Gasteiger partial charge in [-0.2, -0.15) is 5.10 Å². The van der Waals surface area contributed by atoms with E-state index in [-0.39, 0.29) is 17.7 Å². The molecule has 2 aliphatic heterocycles. The summed E-state index contributed by atoms with van der Waals surface area (Å²) < 4.78 is 29.1. The highest BCUT2D eigenvalue weighted by Gasteiger charge is 2.55. The van der Waals surface area contributed by atoms with Crippen LogP contribution in [0.25, 0.3) is 0 Å². The lowest BCUT2D eigenvalue weighted by atomic mass is 9.77. The molecule has 8 nitrogen and oxygen atoms in total. The second-order valence-corrected chi connectivity index (χ2v) is 12.2. The van der Waals surface area contributed by atoms with Crippen molar-refractivity contribution in [3.05, 3.63) is 52.3 Å². The SMILES string of the molecule is CCCCN1C(=O)[C@@H]([C@H](O)C2CCCCC2)NC(=O)C12CCN(C(c1ccc(F)cc1F)c1c(C)n[nH]c1C)CC2. The Bertz CT molecular complexity index is 1230. The van der Waals surface area contributed by atoms with E-state index in [2.05, 4.69) is 27.3 Å². The number of amides is 2. The van der Waals surface area contributed by atoms with Gasteiger partial charge in [-0.15, -0.1) is 0 Å². The van der Waals surface area contributed by atoms with E-state index < -0.39 is 35.4 Å². The van der Waals surface area contributed by atoms with Crippen molar-refractivity contribution in [1.82, 2.24) is 25.3 Å². The van der Waals surface area contributed by atoms with E-state index in [4.69, 9.17) is 0 Å². The minimum atomic E-state index is -1.03. The van der Waals surface area contributed by atoms with E-state index in [1.54, 1.807) is 4.90 Å². The first-order valence-corrected chi connectivity index (χ1v) is 15.2. The summed E-state index contributed by atoms with van der Waals surface area (Å²) in [7, 11) is 0. The molecular weight excluding hydrogens is 528 g/mol. The average Bonchev–Trinajstić information content (AvgIpc) is 3.30. The molecule has 1 aromatic heterocycles. The van der Waals surface area contributed by atoms with E-state index in [0.717, 1.165) is 68.0 Å². The second kappa shape index (κ2) is 12.2. The minimum Gasteiger partial charge on any atom is -0.390 e. The summed E-state index contributed by atoms with van der Waals surface area (Å²) in [6, 6.07) is 2.19. The lowest BCUT2D eigenvalue weighted by molar-refractivity contribution is -0.166. The van der Waals surface area contributed by atoms with Gasteiger partial charge in [0.2, 0.25) is 11.8 Å². The largest absolute Gasteiger partial charge is 0.390 e. The van der Waals surface area contributed by atoms with Crippen molar-refractivity contribution in [2.45, 2.75) is 102 Å². The fourth-order valence-corrected chi connectivity index (χ4v) is 7.33. The monoisotopic (exact) mass is 571 g/mol. The molecule has 10 heteroatoms. The normalized spacial score (nSPS) is 23.6. The predicted octanol–water partition coefficient (Wildman–Crippen LogP) is 4.30. The van der Waals surface area contributed by atoms with Gasteiger partial charge in [0.1, 0.15) is 23.2 Å². The van der Waals surface area contributed by atoms with Crippen LogP contribution >= 0.6 is 0 Å². The maximum atomic E-state index is 15.2. The summed E-state index contributed by atoms with van der Waals surface area (Å²) in [6.45, 7) is 7.08. The maximum Gasteiger partial charge on any atom is 0.248 e. The summed E-state index contributed by atoms with van der Waals surface area (Å²) in [4.78, 5) is 31.7. The van der Waals surface area contributed by atoms with Crippen LogP contribution in [0.5, 0.6) is 0 Å². The predicted molar refractivity (Wildman–Crippen MR) is 151 cm³/mol. The summed E-state index contributed by atoms with van der Waals surface area (Å²) >= 11 is 0. The molecule has 3 aliphatic rings. The van der Waals surface area contributed by atoms with E-state index >= 15 is 4.39 Å². The Morgan fingerprint density at radius 1 is 1.12 bits per heavy atom. The number of unbranched alkanes of at least 4 members (excludes halogenated alkanes) is 1. The molecular formula is C31H43F2N5O3. The number of benzene rings is 1. The Balaban J connectivity index is 1.42. The number of H-pyrrole nitrogens is 1. The fourth-order valence-electron chi connectivity index (χ4n) is 7.33. The lowest BCUT2D eigenvalue weighted by Crippen LogP contribution is -2.75. The van der Waals surface area contributed by atoms with Gasteiger partial charge in [0.05, 0.1) is 17.8 Å². The number of likely N-dealkylation sites (tertiary alicyclic amines) is 1. The van der Waals surface area contributed by atoms with Crippen LogP contribution in [0.3, 0.4) is 0 Å². The number of hydrogen-bond acceptors (Lipinski definition) is 5. The fraction of sp³-hybridized carbons (Fsp3) is 0.645. The molecule has 0 bridgehead atoms. The average molecular weight is 572 g/mol. The minimum absolute atomic E-state index is 0.00901. The van der Waals surface area contributed by atoms with Gasteiger partial charge >= 0.3 is 0 Å². The summed E-state index contributed by atoms with van der Waals surface area (Å²) in [6.07, 6.45) is 6.40. The Morgan fingerprint density at radius 3 is 2.44 bits per heavy atom. The Morgan fingerprint density at radius 2 is 1.83 bits per heavy atom. The molecule has 0 radical (unpaired) electrons. The number of nitrogens with one attached hydrogen (secondary N) is 2. The summed E-state index contributed by atoms with van der Waals surface area (Å²) in [5.74, 6) is -1.68. The van der Waals surface area contributed by atoms with E-state index in [1.807, 2.05) is 13.8 Å². The number of rotatable bonds is 8. The van der Waals surface area contributed by atoms with Crippen molar-refractivity contribution >= 4 is 11.8 Å². The standard InChI is InChI=1S/C31H43F2N5O3/c1-4-5-15-38-29(40)26(28(39)21-9-7-6-8-10-21)34-30(41)31(38)13-16-37(17-14-31)27(25-19(2)35-36-20(25)3)23-12-11-22(32)18-24(23)33/h11-12,18,21,26-28,39H,4-10,13-17H2,1-3H3,(H,34,41)(H,35,36)/t26-,27?,28-/m1/s1. The van der Waals surface area contributed by atoms with Gasteiger partial charge in [-0.05, 0) is 57.9 Å². The van der Waals surface area contributed by atoms with Crippen molar-refractivity contribution in [2.75, 3.05) is 19.6 Å². The van der Waals surface area contributed by atoms with Crippen LogP contribution < -0.4 is 5.32 Å². The van der Waals surface area contributed by atoms with Crippen LogP contribution in [0.15, 0.2) is 18.2 Å². The van der Waals surface area contributed by atoms with Crippen molar-refractivity contribution in [3.8, 4) is 0 Å². The molecule has 1 saturated carbocycles. The first-order chi connectivity index (χ1) is 19.7. The third-order valence-corrected chi connectivity index (χ3v) is 9.67. The van der Waals surface area contributed by atoms with Crippen molar-refractivity contribution < 1.29 is 23.5 Å². The van der Waals surface area contributed by atoms with Crippen LogP contribution in [0.4, 0.5) is 8.78 Å². The molecule has 3 heterocycles. The number of piperazine rings is 1. The smallest absolute Gasteiger partial charge is 0.248 e. The number of carbonyl (C=O) groups is 2. The molecule has 2 aromatic rings. The third-order valence-electron chi connectivity index (χ3n) is 9.67. The zero-order valence-corrected chi connectivity index (χ0v) is 24.4. The Labute approximate surface area is 240 Å². The number of aromatic nitrogens is 2. The Kier molecular flexibility index (Phi) is 8.80. The van der Waals surface area contributed by atoms with Crippen molar-refractivity contribution in [2.24, 2.45) is 5.92 Å². The number of carbonyl (C=O) groups excluding carboxylic acids is 2. The van der Waals surface area contributed by atoms with Crippen molar-refractivity contribution in [3.63, 3.8) is 0 Å². The van der Waals surface area contributed by atoms with Gasteiger partial charge in [-0.1, -0.05) is 38.7 Å². The van der Waals surface area contributed by atoms with Gasteiger partial charge < -0.3 is 15.3 Å². The molecule has 224 valence electrons. The van der Waals surface area contributed by atoms with Gasteiger partial charge in [-0.25, -0.2) is 8.78 Å². The molecule has 3 atom stereocenters. The molecule has 5 rings (SSSR count). The van der Waals surface area contributed by atoms with Crippen LogP contribution in [0, 0.1) is 31.4 Å². The van der Waals surface area contributed by atoms with Gasteiger partial charge in [0.25, 0.3) is 0 Å². The number of hydrogen-bond donors (Lipinski definition) is 3. The molecule has 2 saturated heterocycles. The van der Waals surface area contributed by atoms with Crippen LogP contribution in [0.1, 0.15) is 93.3 Å². The quantitative estimate of drug-likeness (QED) is 0.439. The lowest BCUT2D eigenvalue weighted by Gasteiger charge is -2.53. The van der Waals surface area contributed by atoms with Gasteiger partial charge in [0.15, 0.2) is 0 Å². The molecule has 2 amide bonds. The number of aromatic amines is 1. The van der Waals surface area contributed by atoms with E-state index in [0.29, 0.717) is 38.0 Å². The highest BCUT2D eigenvalue weighted by atomic mass is 19.1. The number of aliphatic hydroxyl groups is 1. The third kappa shape index (κ3) is 5.52. The highest BCUT2D eigenvalue weighted by molar-refractivity contribution is 6.00. The number of piperidine rings is 1. The van der Waals surface area contributed by atoms with E-state index in [1.165, 1.54) is 12.1 Å². The van der Waals surface area contributed by atoms with Crippen LogP contribution in [0.2, 0.25) is 0 Å². The summed E-state index contributed by atoms with van der Waals surface area (Å²) in [5.41, 5.74) is 1.67. The van der Waals surface area contributed by atoms with Crippen molar-refractivity contribution in [1.29, 1.82) is 0 Å². The highest BCUT2D eigenvalue weighted by Crippen LogP contribution is 2.41. The summed E-state index contributed by atoms with van der Waals surface area (Å²) in [5, 5.41) is 21.5. The number of halogens is 2. The first-order valence-electron chi connectivity index (χ1n) is 15.2. The first kappa shape index (κ1) is 29.6. The maximum absolute atomic E-state index is 15.2. The zero-order chi connectivity index (χ0) is 29.3. The topological polar surface area (TPSA) is 102 Å². The molecule has 1 spiro atoms. The Hall–Kier alpha value is -2.85. The second-order valence-electron chi connectivity index (χ2n) is 12.2. The van der Waals surface area contributed by atoms with Crippen LogP contribution in [-0.4, -0.2) is 74.2 Å².